The number of nitrogens with zero attached hydrogens (tertiary/aromatic N) is 4. The summed E-state index contributed by atoms with van der Waals surface area (Å²) < 4.78 is 5.26. The van der Waals surface area contributed by atoms with Gasteiger partial charge in [0.2, 0.25) is 5.95 Å². The summed E-state index contributed by atoms with van der Waals surface area (Å²) in [5.74, 6) is 1.17. The molecule has 10 nitrogen and oxygen atoms in total. The Kier molecular flexibility index (Phi) is 15.9. The number of aliphatic hydroxyl groups excluding tert-OH is 1. The number of amides is 1. The average molecular weight is 508 g/mol. The van der Waals surface area contributed by atoms with Crippen LogP contribution in [0.15, 0.2) is 29.9 Å². The summed E-state index contributed by atoms with van der Waals surface area (Å²) in [6.07, 6.45) is 6.08. The zero-order valence-corrected chi connectivity index (χ0v) is 23.0. The van der Waals surface area contributed by atoms with Crippen molar-refractivity contribution in [1.29, 1.82) is 0 Å². The number of alkyl carbamates (subject to hydrolysis) is 1. The van der Waals surface area contributed by atoms with Gasteiger partial charge in [-0.15, -0.1) is 0 Å². The van der Waals surface area contributed by atoms with E-state index in [9.17, 15) is 4.79 Å². The van der Waals surface area contributed by atoms with E-state index in [1.54, 1.807) is 18.5 Å². The van der Waals surface area contributed by atoms with Crippen LogP contribution in [0.1, 0.15) is 60.1 Å². The fourth-order valence-electron chi connectivity index (χ4n) is 2.54. The van der Waals surface area contributed by atoms with Crippen LogP contribution in [0.5, 0.6) is 0 Å². The van der Waals surface area contributed by atoms with Crippen molar-refractivity contribution in [2.75, 3.05) is 24.3 Å². The summed E-state index contributed by atoms with van der Waals surface area (Å²) in [5, 5.41) is 17.8. The van der Waals surface area contributed by atoms with Crippen LogP contribution in [0.3, 0.4) is 0 Å². The predicted octanol–water partition coefficient (Wildman–Crippen LogP) is 5.61. The van der Waals surface area contributed by atoms with Crippen molar-refractivity contribution < 1.29 is 14.6 Å². The molecule has 2 aromatic rings. The molecule has 11 heteroatoms. The fraction of sp³-hybridized carbons (Fsp3) is 0.542. The molecule has 2 rings (SSSR count). The van der Waals surface area contributed by atoms with Gasteiger partial charge in [0.25, 0.3) is 0 Å². The Morgan fingerprint density at radius 3 is 2.60 bits per heavy atom. The topological polar surface area (TPSA) is 134 Å². The van der Waals surface area contributed by atoms with Crippen molar-refractivity contribution in [2.45, 2.75) is 73.0 Å². The van der Waals surface area contributed by atoms with Crippen molar-refractivity contribution in [1.82, 2.24) is 20.3 Å². The van der Waals surface area contributed by atoms with Crippen LogP contribution in [0.2, 0.25) is 0 Å². The zero-order valence-electron chi connectivity index (χ0n) is 22.2. The largest absolute Gasteiger partial charge is 0.444 e. The van der Waals surface area contributed by atoms with Gasteiger partial charge in [-0.2, -0.15) is 4.98 Å². The van der Waals surface area contributed by atoms with E-state index in [-0.39, 0.29) is 6.04 Å². The van der Waals surface area contributed by atoms with E-state index < -0.39 is 11.7 Å². The lowest BCUT2D eigenvalue weighted by molar-refractivity contribution is 0.0526. The first-order chi connectivity index (χ1) is 16.7. The number of anilines is 3. The Morgan fingerprint density at radius 2 is 2.00 bits per heavy atom. The minimum absolute atomic E-state index is 0.101. The molecule has 1 atom stereocenters. The number of aliphatic hydroxyl groups is 1. The second-order valence-electron chi connectivity index (χ2n) is 7.83. The predicted molar refractivity (Wildman–Crippen MR) is 147 cm³/mol. The van der Waals surface area contributed by atoms with E-state index in [4.69, 9.17) is 9.84 Å². The molecule has 0 bridgehead atoms. The number of aromatic nitrogens is 3. The van der Waals surface area contributed by atoms with E-state index in [0.29, 0.717) is 29.9 Å². The number of thiazole rings is 1. The Bertz CT molecular complexity index is 911. The molecule has 1 unspecified atom stereocenters. The Labute approximate surface area is 213 Å². The van der Waals surface area contributed by atoms with Gasteiger partial charge in [0.1, 0.15) is 16.4 Å². The van der Waals surface area contributed by atoms with Crippen molar-refractivity contribution in [3.05, 3.63) is 30.6 Å². The van der Waals surface area contributed by atoms with Gasteiger partial charge < -0.3 is 25.8 Å². The van der Waals surface area contributed by atoms with E-state index in [2.05, 4.69) is 49.4 Å². The molecule has 0 aliphatic heterocycles. The van der Waals surface area contributed by atoms with Gasteiger partial charge in [-0.1, -0.05) is 44.8 Å². The van der Waals surface area contributed by atoms with Gasteiger partial charge in [-0.3, -0.25) is 0 Å². The molecule has 0 aromatic carbocycles. The van der Waals surface area contributed by atoms with Gasteiger partial charge in [0.05, 0.1) is 6.20 Å². The van der Waals surface area contributed by atoms with Crippen LogP contribution in [0, 0.1) is 6.92 Å². The number of rotatable bonds is 10. The smallest absolute Gasteiger partial charge is 0.407 e. The third-order valence-corrected chi connectivity index (χ3v) is 4.70. The summed E-state index contributed by atoms with van der Waals surface area (Å²) >= 11 is 1.41. The molecule has 2 heterocycles. The first-order valence-electron chi connectivity index (χ1n) is 11.6. The van der Waals surface area contributed by atoms with Crippen LogP contribution in [-0.4, -0.2) is 57.7 Å². The summed E-state index contributed by atoms with van der Waals surface area (Å²) in [4.78, 5) is 29.4. The molecule has 0 spiro atoms. The Hall–Kier alpha value is -3.05. The maximum atomic E-state index is 11.8. The number of ether oxygens (including phenoxy) is 1. The van der Waals surface area contributed by atoms with Gasteiger partial charge >= 0.3 is 6.09 Å². The molecule has 0 saturated heterocycles. The van der Waals surface area contributed by atoms with E-state index in [1.807, 2.05) is 47.6 Å². The van der Waals surface area contributed by atoms with E-state index >= 15 is 0 Å². The van der Waals surface area contributed by atoms with E-state index in [1.165, 1.54) is 11.3 Å². The highest BCUT2D eigenvalue weighted by atomic mass is 32.1. The molecule has 0 fully saturated rings. The molecule has 0 saturated carbocycles. The van der Waals surface area contributed by atoms with Gasteiger partial charge in [-0.05, 0) is 40.5 Å². The van der Waals surface area contributed by atoms with Crippen LogP contribution >= 0.6 is 11.3 Å². The normalized spacial score (nSPS) is 11.3. The molecule has 1 amide bonds. The van der Waals surface area contributed by atoms with Crippen molar-refractivity contribution in [3.8, 4) is 0 Å². The summed E-state index contributed by atoms with van der Waals surface area (Å²) in [6.45, 7) is 17.6. The molecule has 0 aliphatic rings. The second-order valence-corrected chi connectivity index (χ2v) is 8.84. The molecule has 0 aliphatic carbocycles. The van der Waals surface area contributed by atoms with Crippen molar-refractivity contribution in [3.63, 3.8) is 0 Å². The van der Waals surface area contributed by atoms with Crippen molar-refractivity contribution >= 4 is 45.5 Å². The second kappa shape index (κ2) is 17.4. The van der Waals surface area contributed by atoms with Crippen LogP contribution in [0.4, 0.5) is 26.7 Å². The monoisotopic (exact) mass is 507 g/mol. The SMILES string of the molecule is C=C/C=N\c1cnc(Nc2cc(C)nc(NC(CC)CCNC(=O)OC(C)(C)C)n2)s1.CC.CO. The molecular formula is C24H41N7O3S. The number of carbonyl (C=O) groups is 1. The quantitative estimate of drug-likeness (QED) is 0.305. The number of allylic oxidation sites excluding steroid dienone is 1. The fourth-order valence-corrected chi connectivity index (χ4v) is 3.22. The van der Waals surface area contributed by atoms with E-state index in [0.717, 1.165) is 24.2 Å². The summed E-state index contributed by atoms with van der Waals surface area (Å²) in [6, 6.07) is 1.95. The highest BCUT2D eigenvalue weighted by Crippen LogP contribution is 2.28. The number of nitrogens with one attached hydrogen (secondary N) is 3. The number of hydrogen-bond donors (Lipinski definition) is 4. The minimum atomic E-state index is -0.512. The lowest BCUT2D eigenvalue weighted by atomic mass is 10.1. The lowest BCUT2D eigenvalue weighted by Crippen LogP contribution is -2.35. The number of aryl methyl sites for hydroxylation is 1. The molecule has 2 aromatic heterocycles. The number of aliphatic imine (C=N–C) groups is 1. The standard InChI is InChI=1S/C21H31N7O2S.C2H6.CH4O/c1-7-10-22-17-13-24-19(31-17)28-16-12-14(3)25-18(27-16)26-15(8-2)9-11-23-20(29)30-21(4,5)6;2*1-2/h7,10,12-13,15H,1,8-9,11H2,2-6H3,(H,23,29)(H2,24,25,26,27,28);1-2H3;2H,1H3/b22-10-;;. The van der Waals surface area contributed by atoms with Crippen LogP contribution < -0.4 is 16.0 Å². The third kappa shape index (κ3) is 14.1. The maximum absolute atomic E-state index is 11.8. The highest BCUT2D eigenvalue weighted by Gasteiger charge is 2.16. The summed E-state index contributed by atoms with van der Waals surface area (Å²) in [5.41, 5.74) is 0.310. The molecular weight excluding hydrogens is 466 g/mol. The van der Waals surface area contributed by atoms with Crippen molar-refractivity contribution in [2.24, 2.45) is 4.99 Å². The van der Waals surface area contributed by atoms with Gasteiger partial charge in [0.15, 0.2) is 5.13 Å². The summed E-state index contributed by atoms with van der Waals surface area (Å²) in [7, 11) is 1.00. The molecule has 35 heavy (non-hydrogen) atoms. The number of carbonyl (C=O) groups excluding carboxylic acids is 1. The lowest BCUT2D eigenvalue weighted by Gasteiger charge is -2.21. The molecule has 0 radical (unpaired) electrons. The zero-order chi connectivity index (χ0) is 26.9. The van der Waals surface area contributed by atoms with Gasteiger partial charge in [-0.25, -0.2) is 19.8 Å². The Morgan fingerprint density at radius 1 is 1.31 bits per heavy atom. The number of hydrogen-bond acceptors (Lipinski definition) is 10. The van der Waals surface area contributed by atoms with Crippen LogP contribution in [-0.2, 0) is 4.74 Å². The van der Waals surface area contributed by atoms with Gasteiger partial charge in [0, 0.05) is 37.7 Å². The third-order valence-electron chi connectivity index (χ3n) is 3.88. The van der Waals surface area contributed by atoms with Crippen LogP contribution in [0.25, 0.3) is 0 Å². The first kappa shape index (κ1) is 31.9. The average Bonchev–Trinajstić information content (AvgIpc) is 3.25. The minimum Gasteiger partial charge on any atom is -0.444 e. The maximum Gasteiger partial charge on any atom is 0.407 e. The first-order valence-corrected chi connectivity index (χ1v) is 12.4. The highest BCUT2D eigenvalue weighted by molar-refractivity contribution is 7.19. The molecule has 196 valence electrons. The Balaban J connectivity index is 0.00000274. The molecule has 4 N–H and O–H groups in total.